The monoisotopic (exact) mass is 222 g/mol. The predicted octanol–water partition coefficient (Wildman–Crippen LogP) is 3.09. The van der Waals surface area contributed by atoms with E-state index in [1.165, 1.54) is 4.88 Å². The zero-order valence-corrected chi connectivity index (χ0v) is 10.3. The number of nitrogens with zero attached hydrogens (tertiary/aromatic N) is 2. The van der Waals surface area contributed by atoms with Gasteiger partial charge in [0.15, 0.2) is 0 Å². The van der Waals surface area contributed by atoms with E-state index in [0.29, 0.717) is 0 Å². The van der Waals surface area contributed by atoms with E-state index in [2.05, 4.69) is 30.9 Å². The van der Waals surface area contributed by atoms with Gasteiger partial charge in [-0.25, -0.2) is 0 Å². The second-order valence-electron chi connectivity index (χ2n) is 3.51. The molecule has 0 N–H and O–H groups in total. The molecule has 0 bridgehead atoms. The van der Waals surface area contributed by atoms with Crippen LogP contribution in [0.25, 0.3) is 0 Å². The van der Waals surface area contributed by atoms with Crippen molar-refractivity contribution in [3.63, 3.8) is 0 Å². The zero-order valence-electron chi connectivity index (χ0n) is 9.44. The minimum absolute atomic E-state index is 0.0746. The summed E-state index contributed by atoms with van der Waals surface area (Å²) in [5.41, 5.74) is 0. The Hall–Kier alpha value is -0.850. The van der Waals surface area contributed by atoms with Gasteiger partial charge in [-0.2, -0.15) is 5.26 Å². The highest BCUT2D eigenvalue weighted by Gasteiger charge is 2.12. The van der Waals surface area contributed by atoms with Crippen LogP contribution in [-0.4, -0.2) is 24.5 Å². The molecule has 0 saturated carbocycles. The van der Waals surface area contributed by atoms with Crippen molar-refractivity contribution in [2.75, 3.05) is 19.6 Å². The molecule has 0 aromatic carbocycles. The van der Waals surface area contributed by atoms with Crippen molar-refractivity contribution in [2.24, 2.45) is 0 Å². The van der Waals surface area contributed by atoms with Crippen LogP contribution >= 0.6 is 11.3 Å². The van der Waals surface area contributed by atoms with E-state index in [-0.39, 0.29) is 5.92 Å². The zero-order chi connectivity index (χ0) is 11.1. The fourth-order valence-corrected chi connectivity index (χ4v) is 2.42. The highest BCUT2D eigenvalue weighted by Crippen LogP contribution is 2.23. The van der Waals surface area contributed by atoms with Crippen LogP contribution in [0.4, 0.5) is 0 Å². The second-order valence-corrected chi connectivity index (χ2v) is 4.49. The Morgan fingerprint density at radius 3 is 2.67 bits per heavy atom. The fraction of sp³-hybridized carbons (Fsp3) is 0.583. The first-order valence-corrected chi connectivity index (χ1v) is 6.35. The lowest BCUT2D eigenvalue weighted by molar-refractivity contribution is 0.296. The lowest BCUT2D eigenvalue weighted by atomic mass is 10.1. The summed E-state index contributed by atoms with van der Waals surface area (Å²) in [5, 5.41) is 11.1. The van der Waals surface area contributed by atoms with Crippen LogP contribution in [0.2, 0.25) is 0 Å². The van der Waals surface area contributed by atoms with Gasteiger partial charge in [0.25, 0.3) is 0 Å². The lowest BCUT2D eigenvalue weighted by Gasteiger charge is -2.18. The molecule has 0 saturated heterocycles. The highest BCUT2D eigenvalue weighted by molar-refractivity contribution is 7.10. The van der Waals surface area contributed by atoms with Gasteiger partial charge in [-0.1, -0.05) is 19.9 Å². The first-order chi connectivity index (χ1) is 7.31. The fourth-order valence-electron chi connectivity index (χ4n) is 1.61. The molecule has 82 valence electrons. The van der Waals surface area contributed by atoms with Gasteiger partial charge in [0.05, 0.1) is 12.0 Å². The molecule has 2 nitrogen and oxygen atoms in total. The van der Waals surface area contributed by atoms with Crippen LogP contribution < -0.4 is 0 Å². The minimum Gasteiger partial charge on any atom is -0.304 e. The van der Waals surface area contributed by atoms with Crippen molar-refractivity contribution in [1.29, 1.82) is 5.26 Å². The molecule has 0 spiro atoms. The van der Waals surface area contributed by atoms with Crippen LogP contribution in [0, 0.1) is 11.3 Å². The van der Waals surface area contributed by atoms with Crippen molar-refractivity contribution in [3.8, 4) is 6.07 Å². The maximum atomic E-state index is 9.09. The average Bonchev–Trinajstić information content (AvgIpc) is 2.78. The van der Waals surface area contributed by atoms with E-state index in [0.717, 1.165) is 26.1 Å². The van der Waals surface area contributed by atoms with Crippen LogP contribution in [0.3, 0.4) is 0 Å². The van der Waals surface area contributed by atoms with Gasteiger partial charge in [0, 0.05) is 4.88 Å². The molecule has 1 unspecified atom stereocenters. The van der Waals surface area contributed by atoms with E-state index in [1.54, 1.807) is 11.3 Å². The van der Waals surface area contributed by atoms with Crippen LogP contribution in [0.15, 0.2) is 17.5 Å². The van der Waals surface area contributed by atoms with Crippen LogP contribution in [0.5, 0.6) is 0 Å². The van der Waals surface area contributed by atoms with Crippen molar-refractivity contribution in [2.45, 2.75) is 26.2 Å². The molecule has 0 amide bonds. The quantitative estimate of drug-likeness (QED) is 0.739. The third-order valence-corrected chi connectivity index (χ3v) is 3.66. The predicted molar refractivity (Wildman–Crippen MR) is 65.1 cm³/mol. The Bertz CT molecular complexity index is 296. The molecule has 1 heterocycles. The maximum Gasteiger partial charge on any atom is 0.0818 e. The maximum absolute atomic E-state index is 9.09. The summed E-state index contributed by atoms with van der Waals surface area (Å²) >= 11 is 1.68. The molecule has 1 atom stereocenters. The third kappa shape index (κ3) is 3.65. The van der Waals surface area contributed by atoms with Crippen molar-refractivity contribution < 1.29 is 0 Å². The topological polar surface area (TPSA) is 27.0 Å². The Balaban J connectivity index is 2.46. The minimum atomic E-state index is 0.0746. The second kappa shape index (κ2) is 6.60. The van der Waals surface area contributed by atoms with Crippen molar-refractivity contribution in [1.82, 2.24) is 4.90 Å². The van der Waals surface area contributed by atoms with Gasteiger partial charge in [-0.05, 0) is 37.5 Å². The molecule has 0 radical (unpaired) electrons. The normalized spacial score (nSPS) is 12.7. The van der Waals surface area contributed by atoms with Crippen molar-refractivity contribution in [3.05, 3.63) is 22.4 Å². The van der Waals surface area contributed by atoms with Crippen molar-refractivity contribution >= 4 is 11.3 Å². The van der Waals surface area contributed by atoms with E-state index < -0.39 is 0 Å². The number of thiophene rings is 1. The summed E-state index contributed by atoms with van der Waals surface area (Å²) in [7, 11) is 0. The van der Waals surface area contributed by atoms with E-state index in [9.17, 15) is 0 Å². The van der Waals surface area contributed by atoms with E-state index in [4.69, 9.17) is 5.26 Å². The summed E-state index contributed by atoms with van der Waals surface area (Å²) < 4.78 is 0. The Kier molecular flexibility index (Phi) is 5.38. The molecule has 0 aliphatic heterocycles. The smallest absolute Gasteiger partial charge is 0.0818 e. The average molecular weight is 222 g/mol. The summed E-state index contributed by atoms with van der Waals surface area (Å²) in [4.78, 5) is 3.56. The molecule has 1 aromatic heterocycles. The standard InChI is InChI=1S/C12H18N2S/c1-3-14(4-2)8-7-11(10-13)12-6-5-9-15-12/h5-6,9,11H,3-4,7-8H2,1-2H3. The van der Waals surface area contributed by atoms with Crippen LogP contribution in [-0.2, 0) is 0 Å². The SMILES string of the molecule is CCN(CC)CCC(C#N)c1cccs1. The van der Waals surface area contributed by atoms with Gasteiger partial charge < -0.3 is 4.90 Å². The van der Waals surface area contributed by atoms with Gasteiger partial charge in [0.2, 0.25) is 0 Å². The molecule has 0 fully saturated rings. The summed E-state index contributed by atoms with van der Waals surface area (Å²) in [6.07, 6.45) is 0.943. The van der Waals surface area contributed by atoms with Gasteiger partial charge in [-0.3, -0.25) is 0 Å². The number of nitriles is 1. The van der Waals surface area contributed by atoms with E-state index >= 15 is 0 Å². The van der Waals surface area contributed by atoms with Crippen LogP contribution in [0.1, 0.15) is 31.1 Å². The summed E-state index contributed by atoms with van der Waals surface area (Å²) in [6.45, 7) is 7.48. The molecular weight excluding hydrogens is 204 g/mol. The molecule has 1 rings (SSSR count). The molecule has 0 aliphatic carbocycles. The Morgan fingerprint density at radius 1 is 1.47 bits per heavy atom. The third-order valence-electron chi connectivity index (χ3n) is 2.67. The Labute approximate surface area is 96.1 Å². The number of hydrogen-bond donors (Lipinski definition) is 0. The number of hydrogen-bond acceptors (Lipinski definition) is 3. The van der Waals surface area contributed by atoms with Gasteiger partial charge in [-0.15, -0.1) is 11.3 Å². The van der Waals surface area contributed by atoms with E-state index in [1.807, 2.05) is 11.4 Å². The summed E-state index contributed by atoms with van der Waals surface area (Å²) in [5.74, 6) is 0.0746. The molecule has 3 heteroatoms. The first-order valence-electron chi connectivity index (χ1n) is 5.47. The summed E-state index contributed by atoms with van der Waals surface area (Å²) in [6, 6.07) is 6.46. The number of rotatable bonds is 6. The molecular formula is C12H18N2S. The molecule has 1 aromatic rings. The van der Waals surface area contributed by atoms with Gasteiger partial charge >= 0.3 is 0 Å². The Morgan fingerprint density at radius 2 is 2.20 bits per heavy atom. The molecule has 15 heavy (non-hydrogen) atoms. The van der Waals surface area contributed by atoms with Gasteiger partial charge in [0.1, 0.15) is 0 Å². The lowest BCUT2D eigenvalue weighted by Crippen LogP contribution is -2.25. The highest BCUT2D eigenvalue weighted by atomic mass is 32.1. The first kappa shape index (κ1) is 12.2. The largest absolute Gasteiger partial charge is 0.304 e. The molecule has 0 aliphatic rings.